The minimum atomic E-state index is -0.178. The van der Waals surface area contributed by atoms with Crippen LogP contribution >= 0.6 is 0 Å². The zero-order chi connectivity index (χ0) is 13.8. The fourth-order valence-corrected chi connectivity index (χ4v) is 3.17. The molecule has 0 radical (unpaired) electrons. The van der Waals surface area contributed by atoms with Crippen molar-refractivity contribution in [2.75, 3.05) is 32.7 Å². The van der Waals surface area contributed by atoms with E-state index in [-0.39, 0.29) is 17.9 Å². The summed E-state index contributed by atoms with van der Waals surface area (Å²) in [6.07, 6.45) is 3.25. The Labute approximate surface area is 114 Å². The molecule has 1 atom stereocenters. The van der Waals surface area contributed by atoms with E-state index in [0.29, 0.717) is 12.6 Å². The van der Waals surface area contributed by atoms with Gasteiger partial charge in [-0.25, -0.2) is 0 Å². The van der Waals surface area contributed by atoms with Gasteiger partial charge in [0, 0.05) is 39.1 Å². The highest BCUT2D eigenvalue weighted by atomic mass is 16.5. The molecule has 5 heteroatoms. The second-order valence-electron chi connectivity index (χ2n) is 5.72. The highest BCUT2D eigenvalue weighted by Gasteiger charge is 2.31. The van der Waals surface area contributed by atoms with Crippen LogP contribution in [0.15, 0.2) is 0 Å². The monoisotopic (exact) mass is 268 g/mol. The number of piperidine rings is 1. The maximum absolute atomic E-state index is 11.1. The van der Waals surface area contributed by atoms with Crippen LogP contribution in [-0.2, 0) is 14.3 Å². The summed E-state index contributed by atoms with van der Waals surface area (Å²) < 4.78 is 5.27. The molecule has 2 aliphatic rings. The van der Waals surface area contributed by atoms with Crippen molar-refractivity contribution in [1.82, 2.24) is 9.80 Å². The molecule has 2 heterocycles. The zero-order valence-electron chi connectivity index (χ0n) is 11.9. The molecule has 0 aliphatic carbocycles. The van der Waals surface area contributed by atoms with Crippen LogP contribution in [0.2, 0.25) is 0 Å². The first-order valence-electron chi connectivity index (χ1n) is 7.17. The quantitative estimate of drug-likeness (QED) is 0.702. The van der Waals surface area contributed by atoms with Crippen LogP contribution in [0.3, 0.4) is 0 Å². The van der Waals surface area contributed by atoms with Gasteiger partial charge in [0.25, 0.3) is 0 Å². The van der Waals surface area contributed by atoms with E-state index in [4.69, 9.17) is 4.74 Å². The van der Waals surface area contributed by atoms with Gasteiger partial charge in [0.05, 0.1) is 6.54 Å². The van der Waals surface area contributed by atoms with E-state index in [0.717, 1.165) is 45.4 Å². The number of hydrogen-bond donors (Lipinski definition) is 0. The van der Waals surface area contributed by atoms with Crippen LogP contribution < -0.4 is 0 Å². The second kappa shape index (κ2) is 6.48. The SMILES string of the molecule is CC(=O)CN1CCC(N2CCC(OC(C)=O)C2)CC1. The summed E-state index contributed by atoms with van der Waals surface area (Å²) in [5.41, 5.74) is 0. The van der Waals surface area contributed by atoms with Gasteiger partial charge < -0.3 is 4.74 Å². The molecule has 0 aromatic heterocycles. The lowest BCUT2D eigenvalue weighted by molar-refractivity contribution is -0.145. The molecular formula is C14H24N2O3. The Morgan fingerprint density at radius 3 is 2.37 bits per heavy atom. The van der Waals surface area contributed by atoms with Gasteiger partial charge in [0.1, 0.15) is 11.9 Å². The van der Waals surface area contributed by atoms with Crippen molar-refractivity contribution in [3.05, 3.63) is 0 Å². The summed E-state index contributed by atoms with van der Waals surface area (Å²) in [5, 5.41) is 0. The number of rotatable bonds is 4. The highest BCUT2D eigenvalue weighted by Crippen LogP contribution is 2.22. The zero-order valence-corrected chi connectivity index (χ0v) is 11.9. The Bertz CT molecular complexity index is 338. The number of hydrogen-bond acceptors (Lipinski definition) is 5. The Morgan fingerprint density at radius 2 is 1.79 bits per heavy atom. The van der Waals surface area contributed by atoms with Crippen molar-refractivity contribution < 1.29 is 14.3 Å². The predicted molar refractivity (Wildman–Crippen MR) is 71.9 cm³/mol. The third-order valence-electron chi connectivity index (χ3n) is 4.03. The Morgan fingerprint density at radius 1 is 1.11 bits per heavy atom. The molecule has 2 fully saturated rings. The minimum absolute atomic E-state index is 0.0766. The van der Waals surface area contributed by atoms with Gasteiger partial charge in [0.2, 0.25) is 0 Å². The maximum Gasteiger partial charge on any atom is 0.302 e. The van der Waals surface area contributed by atoms with Crippen LogP contribution in [0.1, 0.15) is 33.1 Å². The third-order valence-corrected chi connectivity index (χ3v) is 4.03. The fourth-order valence-electron chi connectivity index (χ4n) is 3.17. The molecule has 108 valence electrons. The number of likely N-dealkylation sites (tertiary alicyclic amines) is 2. The molecule has 0 aromatic rings. The first-order chi connectivity index (χ1) is 9.04. The molecule has 0 bridgehead atoms. The molecule has 5 nitrogen and oxygen atoms in total. The van der Waals surface area contributed by atoms with E-state index in [1.165, 1.54) is 6.92 Å². The van der Waals surface area contributed by atoms with E-state index in [9.17, 15) is 9.59 Å². The number of ketones is 1. The highest BCUT2D eigenvalue weighted by molar-refractivity contribution is 5.77. The first-order valence-corrected chi connectivity index (χ1v) is 7.17. The van der Waals surface area contributed by atoms with Gasteiger partial charge in [-0.05, 0) is 26.2 Å². The molecule has 2 aliphatic heterocycles. The number of esters is 1. The smallest absolute Gasteiger partial charge is 0.302 e. The largest absolute Gasteiger partial charge is 0.461 e. The average molecular weight is 268 g/mol. The number of nitrogens with zero attached hydrogens (tertiary/aromatic N) is 2. The van der Waals surface area contributed by atoms with Gasteiger partial charge in [-0.15, -0.1) is 0 Å². The number of carbonyl (C=O) groups is 2. The molecule has 0 spiro atoms. The van der Waals surface area contributed by atoms with E-state index in [2.05, 4.69) is 9.80 Å². The minimum Gasteiger partial charge on any atom is -0.461 e. The van der Waals surface area contributed by atoms with Crippen molar-refractivity contribution >= 4 is 11.8 Å². The molecule has 2 rings (SSSR count). The second-order valence-corrected chi connectivity index (χ2v) is 5.72. The molecule has 0 N–H and O–H groups in total. The van der Waals surface area contributed by atoms with E-state index in [1.54, 1.807) is 6.92 Å². The standard InChI is InChI=1S/C14H24N2O3/c1-11(17)9-15-6-3-13(4-7-15)16-8-5-14(10-16)19-12(2)18/h13-14H,3-10H2,1-2H3. The third kappa shape index (κ3) is 4.28. The maximum atomic E-state index is 11.1. The van der Waals surface area contributed by atoms with Crippen molar-refractivity contribution in [2.24, 2.45) is 0 Å². The van der Waals surface area contributed by atoms with Crippen molar-refractivity contribution in [1.29, 1.82) is 0 Å². The van der Waals surface area contributed by atoms with Gasteiger partial charge in [-0.1, -0.05) is 0 Å². The predicted octanol–water partition coefficient (Wildman–Crippen LogP) is 0.677. The van der Waals surface area contributed by atoms with E-state index < -0.39 is 0 Å². The van der Waals surface area contributed by atoms with E-state index >= 15 is 0 Å². The summed E-state index contributed by atoms with van der Waals surface area (Å²) in [6, 6.07) is 0.587. The van der Waals surface area contributed by atoms with Crippen LogP contribution in [0, 0.1) is 0 Å². The number of carbonyl (C=O) groups excluding carboxylic acids is 2. The summed E-state index contributed by atoms with van der Waals surface area (Å²) in [4.78, 5) is 26.7. The van der Waals surface area contributed by atoms with Crippen LogP contribution in [-0.4, -0.2) is 66.4 Å². The summed E-state index contributed by atoms with van der Waals surface area (Å²) >= 11 is 0. The lowest BCUT2D eigenvalue weighted by Gasteiger charge is -2.36. The Hall–Kier alpha value is -0.940. The number of ether oxygens (including phenoxy) is 1. The van der Waals surface area contributed by atoms with Crippen molar-refractivity contribution in [3.8, 4) is 0 Å². The lowest BCUT2D eigenvalue weighted by Crippen LogP contribution is -2.45. The van der Waals surface area contributed by atoms with Crippen LogP contribution in [0.25, 0.3) is 0 Å². The van der Waals surface area contributed by atoms with Gasteiger partial charge in [-0.3, -0.25) is 19.4 Å². The molecular weight excluding hydrogens is 244 g/mol. The Balaban J connectivity index is 1.73. The lowest BCUT2D eigenvalue weighted by atomic mass is 10.0. The molecule has 19 heavy (non-hydrogen) atoms. The number of Topliss-reactive ketones (excluding diaryl/α,β-unsaturated/α-hetero) is 1. The Kier molecular flexibility index (Phi) is 4.93. The van der Waals surface area contributed by atoms with Gasteiger partial charge >= 0.3 is 5.97 Å². The van der Waals surface area contributed by atoms with E-state index in [1.807, 2.05) is 0 Å². The molecule has 0 saturated carbocycles. The molecule has 1 unspecified atom stereocenters. The van der Waals surface area contributed by atoms with Crippen LogP contribution in [0.4, 0.5) is 0 Å². The molecule has 0 aromatic carbocycles. The summed E-state index contributed by atoms with van der Waals surface area (Å²) in [7, 11) is 0. The summed E-state index contributed by atoms with van der Waals surface area (Å²) in [6.45, 7) is 7.60. The van der Waals surface area contributed by atoms with Gasteiger partial charge in [0.15, 0.2) is 0 Å². The average Bonchev–Trinajstić information content (AvgIpc) is 2.76. The molecule has 0 amide bonds. The first kappa shape index (κ1) is 14.5. The van der Waals surface area contributed by atoms with Crippen LogP contribution in [0.5, 0.6) is 0 Å². The normalized spacial score (nSPS) is 26.5. The summed E-state index contributed by atoms with van der Waals surface area (Å²) in [5.74, 6) is 0.0673. The van der Waals surface area contributed by atoms with Crippen molar-refractivity contribution in [2.45, 2.75) is 45.3 Å². The van der Waals surface area contributed by atoms with Gasteiger partial charge in [-0.2, -0.15) is 0 Å². The fraction of sp³-hybridized carbons (Fsp3) is 0.857. The topological polar surface area (TPSA) is 49.9 Å². The molecule has 2 saturated heterocycles. The van der Waals surface area contributed by atoms with Crippen molar-refractivity contribution in [3.63, 3.8) is 0 Å².